The molecule has 0 saturated carbocycles. The maximum atomic E-state index is 13.6. The van der Waals surface area contributed by atoms with E-state index in [1.54, 1.807) is 37.3 Å². The van der Waals surface area contributed by atoms with Gasteiger partial charge in [0.25, 0.3) is 5.91 Å². The molecule has 0 unspecified atom stereocenters. The number of hydrogen-bond donors (Lipinski definition) is 1. The fraction of sp³-hybridized carbons (Fsp3) is 0.125. The van der Waals surface area contributed by atoms with Gasteiger partial charge < -0.3 is 5.32 Å². The van der Waals surface area contributed by atoms with Gasteiger partial charge in [0.1, 0.15) is 5.82 Å². The smallest absolute Gasteiger partial charge is 0.254 e. The molecule has 0 aromatic heterocycles. The first-order valence-electron chi connectivity index (χ1n) is 6.13. The summed E-state index contributed by atoms with van der Waals surface area (Å²) in [7, 11) is 0. The van der Waals surface area contributed by atoms with Gasteiger partial charge in [-0.3, -0.25) is 4.79 Å². The summed E-state index contributed by atoms with van der Waals surface area (Å²) in [5.74, 6) is -1.01. The van der Waals surface area contributed by atoms with Crippen LogP contribution in [0.4, 0.5) is 4.39 Å². The van der Waals surface area contributed by atoms with Crippen LogP contribution in [0.15, 0.2) is 42.5 Å². The van der Waals surface area contributed by atoms with Crippen molar-refractivity contribution in [1.82, 2.24) is 5.32 Å². The van der Waals surface area contributed by atoms with Crippen LogP contribution in [0.25, 0.3) is 0 Å². The van der Waals surface area contributed by atoms with Gasteiger partial charge in [0.2, 0.25) is 0 Å². The van der Waals surface area contributed by atoms with Crippen molar-refractivity contribution < 1.29 is 9.18 Å². The Morgan fingerprint density at radius 2 is 2.10 bits per heavy atom. The van der Waals surface area contributed by atoms with Crippen molar-refractivity contribution in [2.75, 3.05) is 0 Å². The lowest BCUT2D eigenvalue weighted by Crippen LogP contribution is -2.24. The molecular formula is C16H13FN2O. The van der Waals surface area contributed by atoms with Crippen LogP contribution >= 0.6 is 0 Å². The van der Waals surface area contributed by atoms with Crippen LogP contribution in [0.2, 0.25) is 0 Å². The number of nitrogens with one attached hydrogen (secondary N) is 1. The Kier molecular flexibility index (Phi) is 4.11. The van der Waals surface area contributed by atoms with Crippen LogP contribution in [0.3, 0.4) is 0 Å². The number of hydrogen-bond acceptors (Lipinski definition) is 2. The molecule has 2 aromatic rings. The van der Waals surface area contributed by atoms with Crippen LogP contribution in [0.1, 0.15) is 27.0 Å². The highest BCUT2D eigenvalue weighted by molar-refractivity contribution is 5.94. The Morgan fingerprint density at radius 1 is 1.30 bits per heavy atom. The predicted octanol–water partition coefficient (Wildman–Crippen LogP) is 2.94. The summed E-state index contributed by atoms with van der Waals surface area (Å²) in [6.07, 6.45) is 0. The molecule has 20 heavy (non-hydrogen) atoms. The van der Waals surface area contributed by atoms with Crippen molar-refractivity contribution in [2.45, 2.75) is 13.5 Å². The Hall–Kier alpha value is -2.67. The van der Waals surface area contributed by atoms with Gasteiger partial charge in [-0.25, -0.2) is 4.39 Å². The average Bonchev–Trinajstić information content (AvgIpc) is 2.47. The van der Waals surface area contributed by atoms with E-state index in [2.05, 4.69) is 5.32 Å². The lowest BCUT2D eigenvalue weighted by Gasteiger charge is -2.07. The Morgan fingerprint density at radius 3 is 2.85 bits per heavy atom. The summed E-state index contributed by atoms with van der Waals surface area (Å²) in [5.41, 5.74) is 2.17. The normalized spacial score (nSPS) is 9.85. The molecule has 0 aliphatic rings. The summed E-state index contributed by atoms with van der Waals surface area (Å²) in [6.45, 7) is 2.05. The van der Waals surface area contributed by atoms with Crippen molar-refractivity contribution in [2.24, 2.45) is 0 Å². The zero-order valence-electron chi connectivity index (χ0n) is 11.0. The van der Waals surface area contributed by atoms with E-state index in [-0.39, 0.29) is 12.1 Å². The predicted molar refractivity (Wildman–Crippen MR) is 73.5 cm³/mol. The average molecular weight is 268 g/mol. The zero-order chi connectivity index (χ0) is 14.5. The minimum Gasteiger partial charge on any atom is -0.348 e. The third kappa shape index (κ3) is 3.21. The number of benzene rings is 2. The van der Waals surface area contributed by atoms with Gasteiger partial charge in [-0.1, -0.05) is 23.8 Å². The third-order valence-electron chi connectivity index (χ3n) is 2.88. The number of nitrogens with zero attached hydrogens (tertiary/aromatic N) is 1. The lowest BCUT2D eigenvalue weighted by molar-refractivity contribution is 0.0947. The molecular weight excluding hydrogens is 255 g/mol. The summed E-state index contributed by atoms with van der Waals surface area (Å²) < 4.78 is 13.6. The monoisotopic (exact) mass is 268 g/mol. The fourth-order valence-electron chi connectivity index (χ4n) is 1.84. The van der Waals surface area contributed by atoms with Gasteiger partial charge in [0.05, 0.1) is 17.2 Å². The number of carbonyl (C=O) groups excluding carboxylic acids is 1. The zero-order valence-corrected chi connectivity index (χ0v) is 11.0. The quantitative estimate of drug-likeness (QED) is 0.930. The first-order valence-corrected chi connectivity index (χ1v) is 6.13. The molecule has 0 heterocycles. The van der Waals surface area contributed by atoms with Gasteiger partial charge in [-0.15, -0.1) is 0 Å². The highest BCUT2D eigenvalue weighted by Crippen LogP contribution is 2.10. The maximum absolute atomic E-state index is 13.6. The van der Waals surface area contributed by atoms with Gasteiger partial charge in [0.15, 0.2) is 0 Å². The molecule has 4 heteroatoms. The van der Waals surface area contributed by atoms with Gasteiger partial charge in [-0.2, -0.15) is 5.26 Å². The molecule has 0 saturated heterocycles. The van der Waals surface area contributed by atoms with E-state index in [1.165, 1.54) is 12.1 Å². The molecule has 0 aliphatic heterocycles. The molecule has 1 amide bonds. The minimum atomic E-state index is -0.543. The summed E-state index contributed by atoms with van der Waals surface area (Å²) in [6, 6.07) is 13.3. The van der Waals surface area contributed by atoms with E-state index in [4.69, 9.17) is 5.26 Å². The van der Waals surface area contributed by atoms with Crippen molar-refractivity contribution >= 4 is 5.91 Å². The summed E-state index contributed by atoms with van der Waals surface area (Å²) >= 11 is 0. The molecule has 100 valence electrons. The Balaban J connectivity index is 2.09. The van der Waals surface area contributed by atoms with Crippen LogP contribution < -0.4 is 5.32 Å². The number of nitriles is 1. The van der Waals surface area contributed by atoms with E-state index in [9.17, 15) is 9.18 Å². The number of amides is 1. The van der Waals surface area contributed by atoms with E-state index in [1.807, 2.05) is 6.07 Å². The van der Waals surface area contributed by atoms with Crippen molar-refractivity contribution in [3.8, 4) is 6.07 Å². The highest BCUT2D eigenvalue weighted by Gasteiger charge is 2.11. The van der Waals surface area contributed by atoms with E-state index >= 15 is 0 Å². The first kappa shape index (κ1) is 13.8. The van der Waals surface area contributed by atoms with Gasteiger partial charge in [-0.05, 0) is 36.8 Å². The van der Waals surface area contributed by atoms with Crippen LogP contribution in [-0.2, 0) is 6.54 Å². The molecule has 1 N–H and O–H groups in total. The third-order valence-corrected chi connectivity index (χ3v) is 2.88. The fourth-order valence-corrected chi connectivity index (χ4v) is 1.84. The topological polar surface area (TPSA) is 52.9 Å². The molecule has 0 spiro atoms. The second-order valence-corrected chi connectivity index (χ2v) is 4.48. The van der Waals surface area contributed by atoms with E-state index in [0.717, 1.165) is 11.1 Å². The molecule has 2 aromatic carbocycles. The van der Waals surface area contributed by atoms with Crippen molar-refractivity contribution in [3.05, 3.63) is 70.5 Å². The standard InChI is InChI=1S/C16H13FN2O/c1-11-5-6-15(17)14(7-11)16(20)19-10-13-4-2-3-12(8-13)9-18/h2-8H,10H2,1H3,(H,19,20). The highest BCUT2D eigenvalue weighted by atomic mass is 19.1. The Labute approximate surface area is 116 Å². The molecule has 2 rings (SSSR count). The first-order chi connectivity index (χ1) is 9.60. The van der Waals surface area contributed by atoms with E-state index < -0.39 is 11.7 Å². The summed E-state index contributed by atoms with van der Waals surface area (Å²) in [4.78, 5) is 11.9. The second-order valence-electron chi connectivity index (χ2n) is 4.48. The molecule has 0 bridgehead atoms. The van der Waals surface area contributed by atoms with Crippen LogP contribution in [0, 0.1) is 24.1 Å². The summed E-state index contributed by atoms with van der Waals surface area (Å²) in [5, 5.41) is 11.4. The van der Waals surface area contributed by atoms with Crippen LogP contribution in [0.5, 0.6) is 0 Å². The molecule has 0 fully saturated rings. The molecule has 0 atom stereocenters. The van der Waals surface area contributed by atoms with Crippen LogP contribution in [-0.4, -0.2) is 5.91 Å². The number of aryl methyl sites for hydroxylation is 1. The molecule has 3 nitrogen and oxygen atoms in total. The van der Waals surface area contributed by atoms with Gasteiger partial charge >= 0.3 is 0 Å². The van der Waals surface area contributed by atoms with Crippen molar-refractivity contribution in [3.63, 3.8) is 0 Å². The number of carbonyl (C=O) groups is 1. The second kappa shape index (κ2) is 5.98. The Bertz CT molecular complexity index is 689. The van der Waals surface area contributed by atoms with Gasteiger partial charge in [0, 0.05) is 6.54 Å². The molecule has 0 aliphatic carbocycles. The largest absolute Gasteiger partial charge is 0.348 e. The van der Waals surface area contributed by atoms with Crippen molar-refractivity contribution in [1.29, 1.82) is 5.26 Å². The molecule has 0 radical (unpaired) electrons. The maximum Gasteiger partial charge on any atom is 0.254 e. The SMILES string of the molecule is Cc1ccc(F)c(C(=O)NCc2cccc(C#N)c2)c1. The lowest BCUT2D eigenvalue weighted by atomic mass is 10.1. The number of rotatable bonds is 3. The minimum absolute atomic E-state index is 0.0291. The van der Waals surface area contributed by atoms with E-state index in [0.29, 0.717) is 5.56 Å². The number of halogens is 1.